The molecule has 1 aliphatic rings. The lowest BCUT2D eigenvalue weighted by molar-refractivity contribution is 0.154. The standard InChI is InChI=1S/C11H19N3O/c1-9-12-5-6-14(9)7-11(2,8-15)13-10-3-4-10/h5-6,10,13,15H,3-4,7-8H2,1-2H3. The first-order valence-corrected chi connectivity index (χ1v) is 5.49. The topological polar surface area (TPSA) is 50.1 Å². The third kappa shape index (κ3) is 2.58. The van der Waals surface area contributed by atoms with Gasteiger partial charge in [-0.3, -0.25) is 0 Å². The summed E-state index contributed by atoms with van der Waals surface area (Å²) >= 11 is 0. The van der Waals surface area contributed by atoms with Gasteiger partial charge < -0.3 is 15.0 Å². The van der Waals surface area contributed by atoms with Crippen LogP contribution in [0.1, 0.15) is 25.6 Å². The SMILES string of the molecule is Cc1nccn1CC(C)(CO)NC1CC1. The van der Waals surface area contributed by atoms with Crippen molar-refractivity contribution in [1.29, 1.82) is 0 Å². The van der Waals surface area contributed by atoms with Crippen LogP contribution in [0, 0.1) is 6.92 Å². The zero-order valence-corrected chi connectivity index (χ0v) is 9.40. The largest absolute Gasteiger partial charge is 0.394 e. The van der Waals surface area contributed by atoms with Gasteiger partial charge in [0.15, 0.2) is 0 Å². The van der Waals surface area contributed by atoms with Gasteiger partial charge in [-0.05, 0) is 26.7 Å². The van der Waals surface area contributed by atoms with Gasteiger partial charge in [0.1, 0.15) is 5.82 Å². The summed E-state index contributed by atoms with van der Waals surface area (Å²) in [5, 5.41) is 12.9. The highest BCUT2D eigenvalue weighted by molar-refractivity contribution is 4.96. The Hall–Kier alpha value is -0.870. The molecule has 84 valence electrons. The number of aromatic nitrogens is 2. The second-order valence-corrected chi connectivity index (χ2v) is 4.74. The van der Waals surface area contributed by atoms with E-state index in [9.17, 15) is 5.11 Å². The lowest BCUT2D eigenvalue weighted by Crippen LogP contribution is -2.50. The Labute approximate surface area is 90.3 Å². The lowest BCUT2D eigenvalue weighted by Gasteiger charge is -2.29. The van der Waals surface area contributed by atoms with Crippen LogP contribution in [0.5, 0.6) is 0 Å². The van der Waals surface area contributed by atoms with E-state index in [0.29, 0.717) is 6.04 Å². The third-order valence-electron chi connectivity index (χ3n) is 2.92. The number of aliphatic hydroxyl groups is 1. The van der Waals surface area contributed by atoms with Gasteiger partial charge in [-0.2, -0.15) is 0 Å². The summed E-state index contributed by atoms with van der Waals surface area (Å²) in [6.07, 6.45) is 6.22. The highest BCUT2D eigenvalue weighted by atomic mass is 16.3. The molecule has 1 fully saturated rings. The molecule has 1 aromatic rings. The predicted octanol–water partition coefficient (Wildman–Crippen LogP) is 0.695. The van der Waals surface area contributed by atoms with Crippen LogP contribution in [0.2, 0.25) is 0 Å². The van der Waals surface area contributed by atoms with Crippen molar-refractivity contribution >= 4 is 0 Å². The van der Waals surface area contributed by atoms with Gasteiger partial charge in [0.25, 0.3) is 0 Å². The first kappa shape index (κ1) is 10.6. The summed E-state index contributed by atoms with van der Waals surface area (Å²) in [6, 6.07) is 0.603. The van der Waals surface area contributed by atoms with Crippen molar-refractivity contribution in [3.63, 3.8) is 0 Å². The molecule has 1 atom stereocenters. The van der Waals surface area contributed by atoms with Gasteiger partial charge in [0, 0.05) is 25.0 Å². The molecule has 4 nitrogen and oxygen atoms in total. The maximum atomic E-state index is 9.46. The molecule has 4 heteroatoms. The maximum absolute atomic E-state index is 9.46. The van der Waals surface area contributed by atoms with E-state index < -0.39 is 0 Å². The Morgan fingerprint density at radius 3 is 2.87 bits per heavy atom. The van der Waals surface area contributed by atoms with Gasteiger partial charge in [-0.1, -0.05) is 0 Å². The molecule has 0 radical (unpaired) electrons. The summed E-state index contributed by atoms with van der Waals surface area (Å²) in [5.74, 6) is 0.993. The summed E-state index contributed by atoms with van der Waals surface area (Å²) in [6.45, 7) is 4.96. The van der Waals surface area contributed by atoms with Crippen LogP contribution in [0.15, 0.2) is 12.4 Å². The first-order chi connectivity index (χ1) is 7.13. The van der Waals surface area contributed by atoms with E-state index in [0.717, 1.165) is 12.4 Å². The van der Waals surface area contributed by atoms with E-state index in [4.69, 9.17) is 0 Å². The monoisotopic (exact) mass is 209 g/mol. The number of hydrogen-bond donors (Lipinski definition) is 2. The molecule has 2 N–H and O–H groups in total. The molecule has 15 heavy (non-hydrogen) atoms. The molecule has 0 aromatic carbocycles. The van der Waals surface area contributed by atoms with E-state index in [1.165, 1.54) is 12.8 Å². The number of aliphatic hydroxyl groups excluding tert-OH is 1. The van der Waals surface area contributed by atoms with Crippen molar-refractivity contribution in [1.82, 2.24) is 14.9 Å². The third-order valence-corrected chi connectivity index (χ3v) is 2.92. The van der Waals surface area contributed by atoms with Crippen molar-refractivity contribution < 1.29 is 5.11 Å². The smallest absolute Gasteiger partial charge is 0.105 e. The highest BCUT2D eigenvalue weighted by Gasteiger charge is 2.32. The van der Waals surface area contributed by atoms with E-state index in [1.54, 1.807) is 6.20 Å². The second-order valence-electron chi connectivity index (χ2n) is 4.74. The van der Waals surface area contributed by atoms with Crippen molar-refractivity contribution in [3.8, 4) is 0 Å². The molecule has 0 amide bonds. The summed E-state index contributed by atoms with van der Waals surface area (Å²) in [7, 11) is 0. The van der Waals surface area contributed by atoms with E-state index in [1.807, 2.05) is 13.1 Å². The maximum Gasteiger partial charge on any atom is 0.105 e. The van der Waals surface area contributed by atoms with Gasteiger partial charge in [0.05, 0.1) is 12.1 Å². The molecular formula is C11H19N3O. The van der Waals surface area contributed by atoms with Crippen LogP contribution < -0.4 is 5.32 Å². The minimum atomic E-state index is -0.230. The number of hydrogen-bond acceptors (Lipinski definition) is 3. The average Bonchev–Trinajstić information content (AvgIpc) is 2.92. The summed E-state index contributed by atoms with van der Waals surface area (Å²) in [4.78, 5) is 4.18. The fraction of sp³-hybridized carbons (Fsp3) is 0.727. The summed E-state index contributed by atoms with van der Waals surface area (Å²) < 4.78 is 2.08. The Morgan fingerprint density at radius 2 is 2.40 bits per heavy atom. The summed E-state index contributed by atoms with van der Waals surface area (Å²) in [5.41, 5.74) is -0.230. The van der Waals surface area contributed by atoms with Crippen LogP contribution in [-0.4, -0.2) is 32.8 Å². The highest BCUT2D eigenvalue weighted by Crippen LogP contribution is 2.23. The van der Waals surface area contributed by atoms with Crippen molar-refractivity contribution in [2.24, 2.45) is 0 Å². The van der Waals surface area contributed by atoms with Gasteiger partial charge >= 0.3 is 0 Å². The Bertz CT molecular complexity index is 332. The first-order valence-electron chi connectivity index (χ1n) is 5.49. The molecule has 2 rings (SSSR count). The number of imidazole rings is 1. The molecule has 1 aliphatic carbocycles. The van der Waals surface area contributed by atoms with Gasteiger partial charge in [0.2, 0.25) is 0 Å². The molecule has 0 bridgehead atoms. The Kier molecular flexibility index (Phi) is 2.80. The number of aryl methyl sites for hydroxylation is 1. The van der Waals surface area contributed by atoms with E-state index in [2.05, 4.69) is 21.8 Å². The second kappa shape index (κ2) is 3.94. The molecule has 1 heterocycles. The number of nitrogens with zero attached hydrogens (tertiary/aromatic N) is 2. The molecule has 0 saturated heterocycles. The quantitative estimate of drug-likeness (QED) is 0.750. The molecule has 1 unspecified atom stereocenters. The van der Waals surface area contributed by atoms with Crippen LogP contribution in [0.3, 0.4) is 0 Å². The average molecular weight is 209 g/mol. The van der Waals surface area contributed by atoms with E-state index >= 15 is 0 Å². The molecule has 1 aromatic heterocycles. The number of rotatable bonds is 5. The van der Waals surface area contributed by atoms with Crippen molar-refractivity contribution in [2.45, 2.75) is 44.8 Å². The Morgan fingerprint density at radius 1 is 1.67 bits per heavy atom. The molecule has 0 spiro atoms. The minimum absolute atomic E-state index is 0.154. The van der Waals surface area contributed by atoms with Gasteiger partial charge in [-0.15, -0.1) is 0 Å². The predicted molar refractivity (Wildman–Crippen MR) is 58.6 cm³/mol. The normalized spacial score (nSPS) is 20.2. The molecular weight excluding hydrogens is 190 g/mol. The molecule has 0 aliphatic heterocycles. The van der Waals surface area contributed by atoms with Gasteiger partial charge in [-0.25, -0.2) is 4.98 Å². The van der Waals surface area contributed by atoms with E-state index in [-0.39, 0.29) is 12.1 Å². The number of nitrogens with one attached hydrogen (secondary N) is 1. The zero-order valence-electron chi connectivity index (χ0n) is 9.40. The zero-order chi connectivity index (χ0) is 10.9. The van der Waals surface area contributed by atoms with Crippen molar-refractivity contribution in [3.05, 3.63) is 18.2 Å². The minimum Gasteiger partial charge on any atom is -0.394 e. The van der Waals surface area contributed by atoms with Crippen LogP contribution >= 0.6 is 0 Å². The fourth-order valence-electron chi connectivity index (χ4n) is 1.81. The van der Waals surface area contributed by atoms with Crippen molar-refractivity contribution in [2.75, 3.05) is 6.61 Å². The van der Waals surface area contributed by atoms with Crippen LogP contribution in [-0.2, 0) is 6.54 Å². The Balaban J connectivity index is 2.02. The fourth-order valence-corrected chi connectivity index (χ4v) is 1.81. The van der Waals surface area contributed by atoms with Crippen LogP contribution in [0.25, 0.3) is 0 Å². The lowest BCUT2D eigenvalue weighted by atomic mass is 10.0. The van der Waals surface area contributed by atoms with Crippen LogP contribution in [0.4, 0.5) is 0 Å². The molecule has 1 saturated carbocycles.